The van der Waals surface area contributed by atoms with E-state index in [-0.39, 0.29) is 11.9 Å². The SMILES string of the molecule is CCC1CCC(C(=O)OC2=CCCC=C2)CC1. The van der Waals surface area contributed by atoms with Crippen molar-refractivity contribution in [3.8, 4) is 0 Å². The molecule has 0 saturated heterocycles. The number of ether oxygens (including phenoxy) is 1. The molecule has 1 saturated carbocycles. The minimum absolute atomic E-state index is 0.0163. The molecular formula is C15H22O2. The van der Waals surface area contributed by atoms with Crippen LogP contribution in [0.5, 0.6) is 0 Å². The van der Waals surface area contributed by atoms with E-state index in [1.165, 1.54) is 19.3 Å². The van der Waals surface area contributed by atoms with Gasteiger partial charge in [0.1, 0.15) is 5.76 Å². The molecule has 0 heterocycles. The van der Waals surface area contributed by atoms with Crippen molar-refractivity contribution in [3.63, 3.8) is 0 Å². The van der Waals surface area contributed by atoms with Gasteiger partial charge in [0.25, 0.3) is 0 Å². The fraction of sp³-hybridized carbons (Fsp3) is 0.667. The van der Waals surface area contributed by atoms with Crippen LogP contribution in [0.25, 0.3) is 0 Å². The van der Waals surface area contributed by atoms with Crippen LogP contribution in [-0.2, 0) is 9.53 Å². The molecule has 94 valence electrons. The van der Waals surface area contributed by atoms with Crippen LogP contribution in [-0.4, -0.2) is 5.97 Å². The van der Waals surface area contributed by atoms with Crippen LogP contribution in [0.4, 0.5) is 0 Å². The molecule has 0 aromatic heterocycles. The molecule has 2 heteroatoms. The normalized spacial score (nSPS) is 28.6. The van der Waals surface area contributed by atoms with Crippen LogP contribution in [0.2, 0.25) is 0 Å². The Kier molecular flexibility index (Phi) is 4.41. The third-order valence-corrected chi connectivity index (χ3v) is 3.94. The summed E-state index contributed by atoms with van der Waals surface area (Å²) in [4.78, 5) is 12.0. The first-order chi connectivity index (χ1) is 8.29. The van der Waals surface area contributed by atoms with Gasteiger partial charge in [0.2, 0.25) is 0 Å². The average Bonchev–Trinajstić information content (AvgIpc) is 2.40. The average molecular weight is 234 g/mol. The fourth-order valence-corrected chi connectivity index (χ4v) is 2.67. The summed E-state index contributed by atoms with van der Waals surface area (Å²) >= 11 is 0. The molecule has 0 spiro atoms. The smallest absolute Gasteiger partial charge is 0.314 e. The Hall–Kier alpha value is -1.05. The Bertz CT molecular complexity index is 320. The first-order valence-electron chi connectivity index (χ1n) is 6.88. The lowest BCUT2D eigenvalue weighted by molar-refractivity contribution is -0.145. The fourth-order valence-electron chi connectivity index (χ4n) is 2.67. The van der Waals surface area contributed by atoms with Gasteiger partial charge in [-0.2, -0.15) is 0 Å². The summed E-state index contributed by atoms with van der Waals surface area (Å²) in [5, 5.41) is 0. The number of hydrogen-bond acceptors (Lipinski definition) is 2. The third kappa shape index (κ3) is 3.45. The van der Waals surface area contributed by atoms with Crippen LogP contribution >= 0.6 is 0 Å². The largest absolute Gasteiger partial charge is 0.427 e. The molecule has 0 radical (unpaired) electrons. The molecule has 0 aromatic rings. The van der Waals surface area contributed by atoms with E-state index < -0.39 is 0 Å². The van der Waals surface area contributed by atoms with Crippen molar-refractivity contribution in [2.24, 2.45) is 11.8 Å². The standard InChI is InChI=1S/C15H22O2/c1-2-12-8-10-13(11-9-12)15(16)17-14-6-4-3-5-7-14/h4,6-7,12-13H,2-3,5,8-11H2,1H3. The number of rotatable bonds is 3. The van der Waals surface area contributed by atoms with Crippen molar-refractivity contribution < 1.29 is 9.53 Å². The van der Waals surface area contributed by atoms with Crippen molar-refractivity contribution in [3.05, 3.63) is 24.0 Å². The van der Waals surface area contributed by atoms with Gasteiger partial charge in [-0.1, -0.05) is 19.4 Å². The zero-order chi connectivity index (χ0) is 12.1. The summed E-state index contributed by atoms with van der Waals surface area (Å²) in [6.07, 6.45) is 13.7. The lowest BCUT2D eigenvalue weighted by Crippen LogP contribution is -2.23. The summed E-state index contributed by atoms with van der Waals surface area (Å²) in [6, 6.07) is 0. The summed E-state index contributed by atoms with van der Waals surface area (Å²) in [5.74, 6) is 1.69. The van der Waals surface area contributed by atoms with Crippen LogP contribution in [0.15, 0.2) is 24.0 Å². The molecule has 2 nitrogen and oxygen atoms in total. The quantitative estimate of drug-likeness (QED) is 0.690. The van der Waals surface area contributed by atoms with Crippen LogP contribution in [0.1, 0.15) is 51.9 Å². The Morgan fingerprint density at radius 3 is 2.65 bits per heavy atom. The third-order valence-electron chi connectivity index (χ3n) is 3.94. The lowest BCUT2D eigenvalue weighted by Gasteiger charge is -2.26. The molecule has 0 aliphatic heterocycles. The number of hydrogen-bond donors (Lipinski definition) is 0. The van der Waals surface area contributed by atoms with E-state index in [9.17, 15) is 4.79 Å². The zero-order valence-electron chi connectivity index (χ0n) is 10.7. The molecule has 0 atom stereocenters. The summed E-state index contributed by atoms with van der Waals surface area (Å²) in [6.45, 7) is 2.24. The first-order valence-corrected chi connectivity index (χ1v) is 6.88. The molecule has 0 unspecified atom stereocenters. The molecule has 0 N–H and O–H groups in total. The van der Waals surface area contributed by atoms with Gasteiger partial charge in [-0.3, -0.25) is 4.79 Å². The Balaban J connectivity index is 1.80. The topological polar surface area (TPSA) is 26.3 Å². The Labute approximate surface area is 104 Å². The maximum absolute atomic E-state index is 12.0. The van der Waals surface area contributed by atoms with Crippen molar-refractivity contribution in [2.75, 3.05) is 0 Å². The van der Waals surface area contributed by atoms with Crippen molar-refractivity contribution in [1.29, 1.82) is 0 Å². The Morgan fingerprint density at radius 1 is 1.29 bits per heavy atom. The monoisotopic (exact) mass is 234 g/mol. The van der Waals surface area contributed by atoms with Gasteiger partial charge < -0.3 is 4.74 Å². The molecule has 2 aliphatic rings. The highest BCUT2D eigenvalue weighted by atomic mass is 16.5. The number of carbonyl (C=O) groups excluding carboxylic acids is 1. The molecule has 1 fully saturated rings. The van der Waals surface area contributed by atoms with Gasteiger partial charge in [-0.15, -0.1) is 0 Å². The van der Waals surface area contributed by atoms with E-state index in [4.69, 9.17) is 4.74 Å². The van der Waals surface area contributed by atoms with E-state index in [2.05, 4.69) is 13.0 Å². The van der Waals surface area contributed by atoms with Crippen molar-refractivity contribution in [1.82, 2.24) is 0 Å². The number of esters is 1. The van der Waals surface area contributed by atoms with Gasteiger partial charge in [0.05, 0.1) is 5.92 Å². The maximum Gasteiger partial charge on any atom is 0.314 e. The van der Waals surface area contributed by atoms with E-state index in [0.29, 0.717) is 0 Å². The summed E-state index contributed by atoms with van der Waals surface area (Å²) < 4.78 is 5.44. The number of allylic oxidation sites excluding steroid dienone is 3. The van der Waals surface area contributed by atoms with Crippen molar-refractivity contribution >= 4 is 5.97 Å². The summed E-state index contributed by atoms with van der Waals surface area (Å²) in [7, 11) is 0. The molecule has 2 rings (SSSR count). The van der Waals surface area contributed by atoms with Gasteiger partial charge in [0, 0.05) is 0 Å². The van der Waals surface area contributed by atoms with Gasteiger partial charge in [0.15, 0.2) is 0 Å². The second kappa shape index (κ2) is 6.04. The predicted octanol–water partition coefficient (Wildman–Crippen LogP) is 3.98. The van der Waals surface area contributed by atoms with E-state index in [1.807, 2.05) is 12.2 Å². The van der Waals surface area contributed by atoms with Crippen LogP contribution in [0.3, 0.4) is 0 Å². The van der Waals surface area contributed by atoms with E-state index in [1.54, 1.807) is 0 Å². The first kappa shape index (κ1) is 12.4. The second-order valence-electron chi connectivity index (χ2n) is 5.13. The lowest BCUT2D eigenvalue weighted by atomic mass is 9.81. The minimum Gasteiger partial charge on any atom is -0.427 e. The molecule has 0 aromatic carbocycles. The molecule has 0 amide bonds. The van der Waals surface area contributed by atoms with Gasteiger partial charge in [-0.25, -0.2) is 0 Å². The minimum atomic E-state index is -0.0163. The Morgan fingerprint density at radius 2 is 2.06 bits per heavy atom. The maximum atomic E-state index is 12.0. The number of carbonyl (C=O) groups is 1. The van der Waals surface area contributed by atoms with Gasteiger partial charge in [-0.05, 0) is 56.6 Å². The molecule has 17 heavy (non-hydrogen) atoms. The second-order valence-corrected chi connectivity index (χ2v) is 5.13. The molecule has 0 bridgehead atoms. The highest BCUT2D eigenvalue weighted by Crippen LogP contribution is 2.31. The van der Waals surface area contributed by atoms with E-state index >= 15 is 0 Å². The molecule has 2 aliphatic carbocycles. The predicted molar refractivity (Wildman–Crippen MR) is 68.3 cm³/mol. The zero-order valence-corrected chi connectivity index (χ0v) is 10.7. The highest BCUT2D eigenvalue weighted by molar-refractivity contribution is 5.74. The van der Waals surface area contributed by atoms with E-state index in [0.717, 1.165) is 37.4 Å². The van der Waals surface area contributed by atoms with Crippen molar-refractivity contribution in [2.45, 2.75) is 51.9 Å². The highest BCUT2D eigenvalue weighted by Gasteiger charge is 2.27. The van der Waals surface area contributed by atoms with Gasteiger partial charge >= 0.3 is 5.97 Å². The van der Waals surface area contributed by atoms with Crippen LogP contribution < -0.4 is 0 Å². The summed E-state index contributed by atoms with van der Waals surface area (Å²) in [5.41, 5.74) is 0. The molecular weight excluding hydrogens is 212 g/mol. The van der Waals surface area contributed by atoms with Crippen LogP contribution in [0, 0.1) is 11.8 Å².